The fraction of sp³-hybridized carbons (Fsp3) is 0.381. The molecule has 0 aromatic heterocycles. The van der Waals surface area contributed by atoms with Crippen LogP contribution in [0.25, 0.3) is 0 Å². The average Bonchev–Trinajstić information content (AvgIpc) is 2.70. The van der Waals surface area contributed by atoms with E-state index in [9.17, 15) is 9.90 Å². The van der Waals surface area contributed by atoms with Gasteiger partial charge in [0.05, 0.1) is 6.73 Å². The zero-order valence-corrected chi connectivity index (χ0v) is 16.9. The summed E-state index contributed by atoms with van der Waals surface area (Å²) in [4.78, 5) is 14.1. The molecule has 0 bridgehead atoms. The van der Waals surface area contributed by atoms with E-state index in [1.54, 1.807) is 0 Å². The van der Waals surface area contributed by atoms with E-state index in [0.29, 0.717) is 6.54 Å². The molecule has 3 N–H and O–H groups in total. The number of fused-ring (bicyclic) bond motifs is 1. The number of anilines is 1. The van der Waals surface area contributed by atoms with Gasteiger partial charge in [-0.3, -0.25) is 4.90 Å². The van der Waals surface area contributed by atoms with Crippen LogP contribution in [-0.2, 0) is 6.42 Å². The Balaban J connectivity index is 1.45. The number of aliphatic hydroxyl groups excluding tert-OH is 1. The van der Waals surface area contributed by atoms with Crippen molar-refractivity contribution >= 4 is 27.6 Å². The Morgan fingerprint density at radius 2 is 1.96 bits per heavy atom. The Morgan fingerprint density at radius 3 is 2.74 bits per heavy atom. The van der Waals surface area contributed by atoms with Gasteiger partial charge in [0.2, 0.25) is 0 Å². The van der Waals surface area contributed by atoms with Gasteiger partial charge < -0.3 is 15.7 Å². The largest absolute Gasteiger partial charge is 0.381 e. The summed E-state index contributed by atoms with van der Waals surface area (Å²) in [5, 5.41) is 15.5. The van der Waals surface area contributed by atoms with Crippen molar-refractivity contribution in [3.05, 3.63) is 64.1 Å². The maximum absolute atomic E-state index is 12.0. The fourth-order valence-electron chi connectivity index (χ4n) is 3.63. The zero-order valence-electron chi connectivity index (χ0n) is 15.3. The molecule has 2 amide bonds. The van der Waals surface area contributed by atoms with E-state index in [4.69, 9.17) is 0 Å². The van der Waals surface area contributed by atoms with Crippen LogP contribution in [0.4, 0.5) is 10.5 Å². The van der Waals surface area contributed by atoms with Gasteiger partial charge in [-0.25, -0.2) is 4.79 Å². The van der Waals surface area contributed by atoms with Crippen LogP contribution in [-0.4, -0.2) is 35.9 Å². The summed E-state index contributed by atoms with van der Waals surface area (Å²) in [5.74, 6) is 0. The molecule has 144 valence electrons. The molecule has 0 saturated carbocycles. The number of rotatable bonds is 7. The summed E-state index contributed by atoms with van der Waals surface area (Å²) in [6.45, 7) is 1.34. The first-order valence-electron chi connectivity index (χ1n) is 9.40. The molecule has 0 saturated heterocycles. The molecule has 2 aromatic carbocycles. The SMILES string of the molecule is O=C(NCCCN(CO)C1CCCc2ccccc21)Nc1ccc(Br)cc1. The normalized spacial score (nSPS) is 16.0. The van der Waals surface area contributed by atoms with E-state index in [2.05, 4.69) is 55.7 Å². The van der Waals surface area contributed by atoms with Crippen molar-refractivity contribution in [3.63, 3.8) is 0 Å². The van der Waals surface area contributed by atoms with Gasteiger partial charge in [0.25, 0.3) is 0 Å². The number of hydrogen-bond acceptors (Lipinski definition) is 3. The van der Waals surface area contributed by atoms with E-state index in [1.165, 1.54) is 11.1 Å². The third-order valence-corrected chi connectivity index (χ3v) is 5.50. The van der Waals surface area contributed by atoms with Crippen molar-refractivity contribution in [1.29, 1.82) is 0 Å². The highest BCUT2D eigenvalue weighted by Gasteiger charge is 2.24. The maximum Gasteiger partial charge on any atom is 0.319 e. The summed E-state index contributed by atoms with van der Waals surface area (Å²) >= 11 is 3.37. The third kappa shape index (κ3) is 5.54. The van der Waals surface area contributed by atoms with Gasteiger partial charge in [-0.05, 0) is 61.1 Å². The standard InChI is InChI=1S/C21H26BrN3O2/c22-17-9-11-18(12-10-17)24-21(27)23-13-4-14-25(15-26)20-8-3-6-16-5-1-2-7-19(16)20/h1-2,5,7,9-12,20,26H,3-4,6,8,13-15H2,(H2,23,24,27). The molecule has 1 aliphatic rings. The molecule has 0 heterocycles. The van der Waals surface area contributed by atoms with Gasteiger partial charge in [0.15, 0.2) is 0 Å². The molecule has 0 spiro atoms. The van der Waals surface area contributed by atoms with Crippen molar-refractivity contribution in [2.45, 2.75) is 31.7 Å². The first kappa shape index (κ1) is 19.9. The minimum absolute atomic E-state index is 0.0318. The van der Waals surface area contributed by atoms with Gasteiger partial charge in [-0.2, -0.15) is 0 Å². The Kier molecular flexibility index (Phi) is 7.26. The lowest BCUT2D eigenvalue weighted by molar-refractivity contribution is 0.0587. The quantitative estimate of drug-likeness (QED) is 0.452. The highest BCUT2D eigenvalue weighted by Crippen LogP contribution is 2.33. The Bertz CT molecular complexity index is 751. The van der Waals surface area contributed by atoms with Gasteiger partial charge in [-0.15, -0.1) is 0 Å². The number of hydrogen-bond donors (Lipinski definition) is 3. The van der Waals surface area contributed by atoms with Crippen LogP contribution in [0.3, 0.4) is 0 Å². The maximum atomic E-state index is 12.0. The molecule has 0 fully saturated rings. The summed E-state index contributed by atoms with van der Waals surface area (Å²) in [6, 6.07) is 16.0. The fourth-order valence-corrected chi connectivity index (χ4v) is 3.89. The first-order valence-corrected chi connectivity index (χ1v) is 10.2. The molecule has 5 nitrogen and oxygen atoms in total. The van der Waals surface area contributed by atoms with Crippen molar-refractivity contribution < 1.29 is 9.90 Å². The molecule has 0 radical (unpaired) electrons. The highest BCUT2D eigenvalue weighted by atomic mass is 79.9. The van der Waals surface area contributed by atoms with E-state index in [-0.39, 0.29) is 18.8 Å². The smallest absolute Gasteiger partial charge is 0.319 e. The first-order chi connectivity index (χ1) is 13.2. The van der Waals surface area contributed by atoms with Crippen LogP contribution in [0.5, 0.6) is 0 Å². The molecular formula is C21H26BrN3O2. The molecule has 27 heavy (non-hydrogen) atoms. The second kappa shape index (κ2) is 9.88. The van der Waals surface area contributed by atoms with Gasteiger partial charge in [-0.1, -0.05) is 40.2 Å². The topological polar surface area (TPSA) is 64.6 Å². The predicted molar refractivity (Wildman–Crippen MR) is 112 cm³/mol. The number of benzene rings is 2. The van der Waals surface area contributed by atoms with Crippen LogP contribution in [0.1, 0.15) is 36.4 Å². The summed E-state index contributed by atoms with van der Waals surface area (Å²) in [7, 11) is 0. The Morgan fingerprint density at radius 1 is 1.19 bits per heavy atom. The number of urea groups is 1. The molecule has 6 heteroatoms. The van der Waals surface area contributed by atoms with Crippen LogP contribution < -0.4 is 10.6 Å². The number of aliphatic hydroxyl groups is 1. The van der Waals surface area contributed by atoms with Gasteiger partial charge in [0.1, 0.15) is 0 Å². The van der Waals surface area contributed by atoms with E-state index in [1.807, 2.05) is 24.3 Å². The molecular weight excluding hydrogens is 406 g/mol. The second-order valence-corrected chi connectivity index (χ2v) is 7.72. The van der Waals surface area contributed by atoms with Crippen molar-refractivity contribution in [2.75, 3.05) is 25.1 Å². The average molecular weight is 432 g/mol. The van der Waals surface area contributed by atoms with E-state index < -0.39 is 0 Å². The van der Waals surface area contributed by atoms with E-state index in [0.717, 1.165) is 42.4 Å². The summed E-state index contributed by atoms with van der Waals surface area (Å²) < 4.78 is 0.974. The van der Waals surface area contributed by atoms with Gasteiger partial charge in [0, 0.05) is 29.3 Å². The number of carbonyl (C=O) groups excluding carboxylic acids is 1. The minimum Gasteiger partial charge on any atom is -0.381 e. The van der Waals surface area contributed by atoms with E-state index >= 15 is 0 Å². The van der Waals surface area contributed by atoms with Crippen LogP contribution >= 0.6 is 15.9 Å². The zero-order chi connectivity index (χ0) is 19.1. The molecule has 3 rings (SSSR count). The molecule has 0 aliphatic heterocycles. The molecule has 1 aliphatic carbocycles. The lowest BCUT2D eigenvalue weighted by Gasteiger charge is -2.34. The molecule has 1 unspecified atom stereocenters. The number of halogens is 1. The minimum atomic E-state index is -0.212. The van der Waals surface area contributed by atoms with Crippen molar-refractivity contribution in [2.24, 2.45) is 0 Å². The number of amides is 2. The van der Waals surface area contributed by atoms with Crippen LogP contribution in [0.2, 0.25) is 0 Å². The number of carbonyl (C=O) groups is 1. The number of nitrogens with one attached hydrogen (secondary N) is 2. The lowest BCUT2D eigenvalue weighted by atomic mass is 9.87. The van der Waals surface area contributed by atoms with Crippen molar-refractivity contribution in [1.82, 2.24) is 10.2 Å². The van der Waals surface area contributed by atoms with Crippen LogP contribution in [0, 0.1) is 0 Å². The lowest BCUT2D eigenvalue weighted by Crippen LogP contribution is -2.36. The Hall–Kier alpha value is -1.89. The summed E-state index contributed by atoms with van der Waals surface area (Å²) in [5.41, 5.74) is 3.48. The predicted octanol–water partition coefficient (Wildman–Crippen LogP) is 4.29. The Labute approximate surface area is 168 Å². The molecule has 2 aromatic rings. The number of nitrogens with zero attached hydrogens (tertiary/aromatic N) is 1. The van der Waals surface area contributed by atoms with Gasteiger partial charge >= 0.3 is 6.03 Å². The van der Waals surface area contributed by atoms with Crippen LogP contribution in [0.15, 0.2) is 53.0 Å². The summed E-state index contributed by atoms with van der Waals surface area (Å²) in [6.07, 6.45) is 4.11. The third-order valence-electron chi connectivity index (χ3n) is 4.97. The van der Waals surface area contributed by atoms with Crippen molar-refractivity contribution in [3.8, 4) is 0 Å². The second-order valence-electron chi connectivity index (χ2n) is 6.80. The highest BCUT2D eigenvalue weighted by molar-refractivity contribution is 9.10. The molecule has 1 atom stereocenters. The number of aryl methyl sites for hydroxylation is 1. The monoisotopic (exact) mass is 431 g/mol.